The molecule has 2 aromatic carbocycles. The van der Waals surface area contributed by atoms with Gasteiger partial charge >= 0.3 is 6.18 Å². The number of pyridine rings is 1. The van der Waals surface area contributed by atoms with Crippen LogP contribution >= 0.6 is 0 Å². The smallest absolute Gasteiger partial charge is 0.369 e. The molecule has 0 aliphatic rings. The third-order valence-electron chi connectivity index (χ3n) is 5.53. The second-order valence-corrected chi connectivity index (χ2v) is 8.27. The van der Waals surface area contributed by atoms with Gasteiger partial charge in [-0.05, 0) is 43.3 Å². The number of nitrogens with zero attached hydrogens (tertiary/aromatic N) is 4. The van der Waals surface area contributed by atoms with Crippen molar-refractivity contribution < 1.29 is 13.2 Å². The van der Waals surface area contributed by atoms with Gasteiger partial charge in [0.05, 0.1) is 23.3 Å². The minimum absolute atomic E-state index is 0.121. The van der Waals surface area contributed by atoms with E-state index >= 15 is 0 Å². The van der Waals surface area contributed by atoms with Crippen molar-refractivity contribution in [1.29, 1.82) is 0 Å². The van der Waals surface area contributed by atoms with Crippen molar-refractivity contribution in [1.82, 2.24) is 19.9 Å². The summed E-state index contributed by atoms with van der Waals surface area (Å²) in [6.07, 6.45) is -0.551. The van der Waals surface area contributed by atoms with Crippen molar-refractivity contribution in [3.05, 3.63) is 96.5 Å². The highest BCUT2D eigenvalue weighted by Gasteiger charge is 2.34. The van der Waals surface area contributed by atoms with E-state index in [1.807, 2.05) is 30.1 Å². The zero-order chi connectivity index (χ0) is 24.8. The molecule has 0 unspecified atom stereocenters. The molecule has 0 bridgehead atoms. The number of likely N-dealkylation sites (N-methyl/N-ethyl adjacent to an activating group) is 1. The lowest BCUT2D eigenvalue weighted by atomic mass is 10.0. The van der Waals surface area contributed by atoms with Gasteiger partial charge in [-0.15, -0.1) is 6.58 Å². The van der Waals surface area contributed by atoms with Crippen LogP contribution < -0.4 is 5.32 Å². The first-order valence-corrected chi connectivity index (χ1v) is 11.3. The summed E-state index contributed by atoms with van der Waals surface area (Å²) in [5.41, 5.74) is 1.21. The molecule has 0 aliphatic heterocycles. The Labute approximate surface area is 202 Å². The van der Waals surface area contributed by atoms with Gasteiger partial charge in [-0.2, -0.15) is 13.2 Å². The lowest BCUT2D eigenvalue weighted by Crippen LogP contribution is -2.20. The molecule has 0 fully saturated rings. The average molecular weight is 478 g/mol. The first-order valence-electron chi connectivity index (χ1n) is 11.3. The molecule has 2 heterocycles. The largest absolute Gasteiger partial charge is 0.418 e. The maximum atomic E-state index is 13.6. The normalized spacial score (nSPS) is 11.7. The van der Waals surface area contributed by atoms with E-state index in [1.165, 1.54) is 17.8 Å². The molecule has 1 N–H and O–H groups in total. The van der Waals surface area contributed by atoms with Gasteiger partial charge < -0.3 is 5.32 Å². The van der Waals surface area contributed by atoms with E-state index in [9.17, 15) is 13.2 Å². The Morgan fingerprint density at radius 3 is 2.57 bits per heavy atom. The molecule has 0 spiro atoms. The van der Waals surface area contributed by atoms with Gasteiger partial charge in [-0.25, -0.2) is 9.97 Å². The van der Waals surface area contributed by atoms with Crippen LogP contribution in [-0.2, 0) is 19.1 Å². The van der Waals surface area contributed by atoms with Crippen LogP contribution in [0.2, 0.25) is 0 Å². The quantitative estimate of drug-likeness (QED) is 0.301. The van der Waals surface area contributed by atoms with E-state index in [0.29, 0.717) is 42.4 Å². The number of aromatic nitrogens is 3. The topological polar surface area (TPSA) is 53.9 Å². The van der Waals surface area contributed by atoms with Crippen molar-refractivity contribution in [3.63, 3.8) is 0 Å². The zero-order valence-corrected chi connectivity index (χ0v) is 19.4. The predicted octanol–water partition coefficient (Wildman–Crippen LogP) is 5.98. The fourth-order valence-corrected chi connectivity index (χ4v) is 3.89. The second kappa shape index (κ2) is 10.7. The van der Waals surface area contributed by atoms with Gasteiger partial charge in [0.2, 0.25) is 0 Å². The van der Waals surface area contributed by atoms with Crippen LogP contribution in [-0.4, -0.2) is 40.0 Å². The molecule has 4 rings (SSSR count). The van der Waals surface area contributed by atoms with Crippen LogP contribution in [0.25, 0.3) is 22.2 Å². The van der Waals surface area contributed by atoms with E-state index in [2.05, 4.69) is 34.0 Å². The van der Waals surface area contributed by atoms with Crippen molar-refractivity contribution in [2.75, 3.05) is 25.5 Å². The van der Waals surface area contributed by atoms with Gasteiger partial charge in [0.1, 0.15) is 11.6 Å². The number of hydrogen-bond donors (Lipinski definition) is 1. The molecule has 0 atom stereocenters. The standard InChI is InChI=1S/C27H26F3N5/c1-3-16-35(2)18-24-33-23-17-20(25-22(27(28,29)30)10-7-14-31-25)11-12-21(23)26(34-24)32-15-13-19-8-5-4-6-9-19/h3-12,14,17H,1,13,15-16,18H2,2H3,(H,32,33,34). The van der Waals surface area contributed by atoms with Crippen LogP contribution in [0.4, 0.5) is 19.0 Å². The van der Waals surface area contributed by atoms with Gasteiger partial charge in [-0.1, -0.05) is 42.5 Å². The molecule has 0 radical (unpaired) electrons. The molecule has 0 saturated heterocycles. The van der Waals surface area contributed by atoms with Crippen LogP contribution in [0.5, 0.6) is 0 Å². The molecular weight excluding hydrogens is 451 g/mol. The van der Waals surface area contributed by atoms with Gasteiger partial charge in [0, 0.05) is 30.2 Å². The van der Waals surface area contributed by atoms with E-state index in [-0.39, 0.29) is 5.69 Å². The Kier molecular flexibility index (Phi) is 7.41. The molecule has 35 heavy (non-hydrogen) atoms. The number of nitrogens with one attached hydrogen (secondary N) is 1. The number of halogens is 3. The number of benzene rings is 2. The fraction of sp³-hybridized carbons (Fsp3) is 0.222. The molecule has 0 saturated carbocycles. The van der Waals surface area contributed by atoms with Gasteiger partial charge in [0.15, 0.2) is 0 Å². The Balaban J connectivity index is 1.72. The molecule has 0 amide bonds. The minimum atomic E-state index is -4.51. The Hall–Kier alpha value is -3.78. The average Bonchev–Trinajstić information content (AvgIpc) is 2.84. The lowest BCUT2D eigenvalue weighted by molar-refractivity contribution is -0.137. The first kappa shape index (κ1) is 24.3. The minimum Gasteiger partial charge on any atom is -0.369 e. The first-order chi connectivity index (χ1) is 16.8. The van der Waals surface area contributed by atoms with Gasteiger partial charge in [-0.3, -0.25) is 9.88 Å². The van der Waals surface area contributed by atoms with Crippen LogP contribution in [0.15, 0.2) is 79.5 Å². The predicted molar refractivity (Wildman–Crippen MR) is 133 cm³/mol. The van der Waals surface area contributed by atoms with E-state index in [1.54, 1.807) is 24.3 Å². The number of alkyl halides is 3. The Morgan fingerprint density at radius 1 is 1.03 bits per heavy atom. The van der Waals surface area contributed by atoms with Crippen molar-refractivity contribution in [2.24, 2.45) is 0 Å². The molecule has 5 nitrogen and oxygen atoms in total. The summed E-state index contributed by atoms with van der Waals surface area (Å²) in [6.45, 7) is 5.53. The summed E-state index contributed by atoms with van der Waals surface area (Å²) >= 11 is 0. The number of fused-ring (bicyclic) bond motifs is 1. The summed E-state index contributed by atoms with van der Waals surface area (Å²) in [5.74, 6) is 1.22. The van der Waals surface area contributed by atoms with Gasteiger partial charge in [0.25, 0.3) is 0 Å². The Bertz CT molecular complexity index is 1310. The highest BCUT2D eigenvalue weighted by atomic mass is 19.4. The molecular formula is C27H26F3N5. The number of anilines is 1. The third kappa shape index (κ3) is 6.02. The summed E-state index contributed by atoms with van der Waals surface area (Å²) in [7, 11) is 1.93. The summed E-state index contributed by atoms with van der Waals surface area (Å²) in [6, 6.07) is 17.5. The maximum Gasteiger partial charge on any atom is 0.418 e. The van der Waals surface area contributed by atoms with E-state index in [0.717, 1.165) is 17.9 Å². The summed E-state index contributed by atoms with van der Waals surface area (Å²) in [5, 5.41) is 4.13. The highest BCUT2D eigenvalue weighted by Crippen LogP contribution is 2.36. The third-order valence-corrected chi connectivity index (χ3v) is 5.53. The molecule has 0 aliphatic carbocycles. The van der Waals surface area contributed by atoms with Crippen LogP contribution in [0.1, 0.15) is 17.0 Å². The SMILES string of the molecule is C=CCN(C)Cc1nc(NCCc2ccccc2)c2ccc(-c3ncccc3C(F)(F)F)cc2n1. The summed E-state index contributed by atoms with van der Waals surface area (Å²) < 4.78 is 40.7. The number of hydrogen-bond acceptors (Lipinski definition) is 5. The number of rotatable bonds is 9. The zero-order valence-electron chi connectivity index (χ0n) is 19.4. The van der Waals surface area contributed by atoms with Crippen molar-refractivity contribution in [2.45, 2.75) is 19.1 Å². The second-order valence-electron chi connectivity index (χ2n) is 8.27. The maximum absolute atomic E-state index is 13.6. The monoisotopic (exact) mass is 477 g/mol. The molecule has 2 aromatic heterocycles. The van der Waals surface area contributed by atoms with E-state index < -0.39 is 11.7 Å². The molecule has 180 valence electrons. The van der Waals surface area contributed by atoms with E-state index in [4.69, 9.17) is 4.98 Å². The fourth-order valence-electron chi connectivity index (χ4n) is 3.89. The summed E-state index contributed by atoms with van der Waals surface area (Å²) in [4.78, 5) is 15.4. The van der Waals surface area contributed by atoms with Crippen LogP contribution in [0, 0.1) is 0 Å². The molecule has 8 heteroatoms. The Morgan fingerprint density at radius 2 is 1.83 bits per heavy atom. The van der Waals surface area contributed by atoms with Crippen LogP contribution in [0.3, 0.4) is 0 Å². The highest BCUT2D eigenvalue weighted by molar-refractivity contribution is 5.92. The van der Waals surface area contributed by atoms with Crippen molar-refractivity contribution >= 4 is 16.7 Å². The van der Waals surface area contributed by atoms with Crippen molar-refractivity contribution in [3.8, 4) is 11.3 Å². The molecule has 4 aromatic rings. The lowest BCUT2D eigenvalue weighted by Gasteiger charge is -2.16.